The van der Waals surface area contributed by atoms with Crippen molar-refractivity contribution >= 4 is 5.91 Å². The molecule has 0 saturated carbocycles. The summed E-state index contributed by atoms with van der Waals surface area (Å²) in [5, 5.41) is 0. The molecule has 0 spiro atoms. The predicted octanol–water partition coefficient (Wildman–Crippen LogP) is 2.44. The first-order valence-electron chi connectivity index (χ1n) is 10.9. The van der Waals surface area contributed by atoms with Crippen LogP contribution in [-0.4, -0.2) is 90.5 Å². The number of rotatable bonds is 6. The standard InChI is InChI=1S/C23H38N4O/c1-19(2)26-11-9-22(10-12-26)24(4)18-23(28)27-15-13-25(14-16-27)17-21-8-6-5-7-20(21)3/h5-8,19,22H,9-18H2,1-4H3. The van der Waals surface area contributed by atoms with Crippen molar-refractivity contribution in [2.24, 2.45) is 0 Å². The zero-order valence-corrected chi connectivity index (χ0v) is 18.2. The van der Waals surface area contributed by atoms with E-state index in [1.54, 1.807) is 0 Å². The van der Waals surface area contributed by atoms with Gasteiger partial charge in [-0.05, 0) is 64.9 Å². The number of piperazine rings is 1. The number of likely N-dealkylation sites (tertiary alicyclic amines) is 1. The van der Waals surface area contributed by atoms with E-state index in [9.17, 15) is 4.79 Å². The Bertz CT molecular complexity index is 631. The molecule has 5 heteroatoms. The quantitative estimate of drug-likeness (QED) is 0.751. The summed E-state index contributed by atoms with van der Waals surface area (Å²) in [7, 11) is 2.13. The summed E-state index contributed by atoms with van der Waals surface area (Å²) in [5.41, 5.74) is 2.75. The van der Waals surface area contributed by atoms with Crippen molar-refractivity contribution < 1.29 is 4.79 Å². The number of likely N-dealkylation sites (N-methyl/N-ethyl adjacent to an activating group) is 1. The second-order valence-corrected chi connectivity index (χ2v) is 8.86. The number of carbonyl (C=O) groups is 1. The van der Waals surface area contributed by atoms with Gasteiger partial charge in [0, 0.05) is 44.8 Å². The first kappa shape index (κ1) is 21.3. The van der Waals surface area contributed by atoms with Crippen LogP contribution in [0.3, 0.4) is 0 Å². The summed E-state index contributed by atoms with van der Waals surface area (Å²) in [6.45, 7) is 14.2. The van der Waals surface area contributed by atoms with Crippen molar-refractivity contribution in [3.8, 4) is 0 Å². The van der Waals surface area contributed by atoms with Crippen molar-refractivity contribution in [2.75, 3.05) is 52.9 Å². The molecule has 1 aromatic rings. The molecular weight excluding hydrogens is 348 g/mol. The molecule has 28 heavy (non-hydrogen) atoms. The van der Waals surface area contributed by atoms with E-state index < -0.39 is 0 Å². The molecule has 2 aliphatic heterocycles. The van der Waals surface area contributed by atoms with E-state index >= 15 is 0 Å². The van der Waals surface area contributed by atoms with Gasteiger partial charge in [-0.1, -0.05) is 24.3 Å². The maximum atomic E-state index is 12.8. The number of aryl methyl sites for hydroxylation is 1. The average Bonchev–Trinajstić information content (AvgIpc) is 2.70. The van der Waals surface area contributed by atoms with Crippen molar-refractivity contribution in [3.63, 3.8) is 0 Å². The molecule has 0 unspecified atom stereocenters. The molecule has 0 aromatic heterocycles. The summed E-state index contributed by atoms with van der Waals surface area (Å²) >= 11 is 0. The second kappa shape index (κ2) is 9.86. The van der Waals surface area contributed by atoms with E-state index in [4.69, 9.17) is 0 Å². The molecule has 3 rings (SSSR count). The number of hydrogen-bond acceptors (Lipinski definition) is 4. The number of benzene rings is 1. The Morgan fingerprint density at radius 3 is 2.32 bits per heavy atom. The van der Waals surface area contributed by atoms with Gasteiger partial charge in [0.15, 0.2) is 0 Å². The van der Waals surface area contributed by atoms with E-state index in [0.29, 0.717) is 24.5 Å². The summed E-state index contributed by atoms with van der Waals surface area (Å²) in [5.74, 6) is 0.296. The van der Waals surface area contributed by atoms with Crippen LogP contribution in [0.2, 0.25) is 0 Å². The molecule has 156 valence electrons. The van der Waals surface area contributed by atoms with Crippen molar-refractivity contribution in [2.45, 2.75) is 52.2 Å². The van der Waals surface area contributed by atoms with Crippen LogP contribution in [0.15, 0.2) is 24.3 Å². The number of carbonyl (C=O) groups excluding carboxylic acids is 1. The lowest BCUT2D eigenvalue weighted by atomic mass is 10.0. The highest BCUT2D eigenvalue weighted by Crippen LogP contribution is 2.18. The summed E-state index contributed by atoms with van der Waals surface area (Å²) in [4.78, 5) is 22.2. The minimum atomic E-state index is 0.296. The third-order valence-corrected chi connectivity index (χ3v) is 6.62. The molecule has 0 N–H and O–H groups in total. The summed E-state index contributed by atoms with van der Waals surface area (Å²) < 4.78 is 0. The average molecular weight is 387 g/mol. The number of hydrogen-bond donors (Lipinski definition) is 0. The maximum absolute atomic E-state index is 12.8. The Hall–Kier alpha value is -1.43. The zero-order valence-electron chi connectivity index (χ0n) is 18.2. The lowest BCUT2D eigenvalue weighted by Crippen LogP contribution is -2.52. The maximum Gasteiger partial charge on any atom is 0.236 e. The highest BCUT2D eigenvalue weighted by molar-refractivity contribution is 5.78. The first-order valence-corrected chi connectivity index (χ1v) is 10.9. The fourth-order valence-corrected chi connectivity index (χ4v) is 4.47. The van der Waals surface area contributed by atoms with Crippen molar-refractivity contribution in [1.29, 1.82) is 0 Å². The van der Waals surface area contributed by atoms with E-state index in [1.807, 2.05) is 0 Å². The fraction of sp³-hybridized carbons (Fsp3) is 0.696. The molecule has 0 aliphatic carbocycles. The van der Waals surface area contributed by atoms with E-state index in [2.05, 4.69) is 71.7 Å². The van der Waals surface area contributed by atoms with Crippen molar-refractivity contribution in [1.82, 2.24) is 19.6 Å². The predicted molar refractivity (Wildman–Crippen MR) is 115 cm³/mol. The fourth-order valence-electron chi connectivity index (χ4n) is 4.47. The molecule has 5 nitrogen and oxygen atoms in total. The van der Waals surface area contributed by atoms with Gasteiger partial charge in [-0.15, -0.1) is 0 Å². The minimum absolute atomic E-state index is 0.296. The van der Waals surface area contributed by atoms with Gasteiger partial charge in [0.25, 0.3) is 0 Å². The molecule has 0 atom stereocenters. The lowest BCUT2D eigenvalue weighted by molar-refractivity contribution is -0.134. The Balaban J connectivity index is 1.41. The molecule has 2 fully saturated rings. The normalized spacial score (nSPS) is 20.3. The van der Waals surface area contributed by atoms with Gasteiger partial charge in [-0.2, -0.15) is 0 Å². The summed E-state index contributed by atoms with van der Waals surface area (Å²) in [6, 6.07) is 9.77. The van der Waals surface area contributed by atoms with Crippen LogP contribution in [0.4, 0.5) is 0 Å². The van der Waals surface area contributed by atoms with Crippen LogP contribution in [-0.2, 0) is 11.3 Å². The van der Waals surface area contributed by atoms with Crippen LogP contribution in [0.5, 0.6) is 0 Å². The molecule has 2 aliphatic rings. The largest absolute Gasteiger partial charge is 0.339 e. The number of piperidine rings is 1. The van der Waals surface area contributed by atoms with E-state index in [0.717, 1.165) is 45.8 Å². The van der Waals surface area contributed by atoms with Gasteiger partial charge in [-0.3, -0.25) is 14.6 Å². The van der Waals surface area contributed by atoms with Gasteiger partial charge >= 0.3 is 0 Å². The van der Waals surface area contributed by atoms with Crippen molar-refractivity contribution in [3.05, 3.63) is 35.4 Å². The molecule has 1 aromatic carbocycles. The zero-order chi connectivity index (χ0) is 20.1. The van der Waals surface area contributed by atoms with Gasteiger partial charge in [0.2, 0.25) is 5.91 Å². The topological polar surface area (TPSA) is 30.0 Å². The van der Waals surface area contributed by atoms with Gasteiger partial charge < -0.3 is 9.80 Å². The van der Waals surface area contributed by atoms with Crippen LogP contribution in [0, 0.1) is 6.92 Å². The smallest absolute Gasteiger partial charge is 0.236 e. The first-order chi connectivity index (χ1) is 13.4. The molecule has 0 bridgehead atoms. The molecule has 2 heterocycles. The molecule has 0 radical (unpaired) electrons. The number of amides is 1. The van der Waals surface area contributed by atoms with E-state index in [1.165, 1.54) is 24.0 Å². The Labute approximate surface area is 171 Å². The van der Waals surface area contributed by atoms with Crippen LogP contribution < -0.4 is 0 Å². The lowest BCUT2D eigenvalue weighted by Gasteiger charge is -2.40. The van der Waals surface area contributed by atoms with Gasteiger partial charge in [-0.25, -0.2) is 0 Å². The monoisotopic (exact) mass is 386 g/mol. The second-order valence-electron chi connectivity index (χ2n) is 8.86. The third kappa shape index (κ3) is 5.56. The van der Waals surface area contributed by atoms with Crippen LogP contribution >= 0.6 is 0 Å². The highest BCUT2D eigenvalue weighted by atomic mass is 16.2. The van der Waals surface area contributed by atoms with Crippen LogP contribution in [0.25, 0.3) is 0 Å². The number of nitrogens with zero attached hydrogens (tertiary/aromatic N) is 4. The third-order valence-electron chi connectivity index (χ3n) is 6.62. The van der Waals surface area contributed by atoms with Crippen LogP contribution in [0.1, 0.15) is 37.8 Å². The van der Waals surface area contributed by atoms with E-state index in [-0.39, 0.29) is 0 Å². The minimum Gasteiger partial charge on any atom is -0.339 e. The summed E-state index contributed by atoms with van der Waals surface area (Å²) in [6.07, 6.45) is 2.35. The van der Waals surface area contributed by atoms with Gasteiger partial charge in [0.05, 0.1) is 6.54 Å². The molecule has 2 saturated heterocycles. The molecule has 1 amide bonds. The Kier molecular flexibility index (Phi) is 7.49. The highest BCUT2D eigenvalue weighted by Gasteiger charge is 2.27. The van der Waals surface area contributed by atoms with Gasteiger partial charge in [0.1, 0.15) is 0 Å². The Morgan fingerprint density at radius 2 is 1.71 bits per heavy atom. The Morgan fingerprint density at radius 1 is 1.07 bits per heavy atom. The SMILES string of the molecule is Cc1ccccc1CN1CCN(C(=O)CN(C)C2CCN(C(C)C)CC2)CC1. The molecular formula is C23H38N4O.